The fourth-order valence-corrected chi connectivity index (χ4v) is 1.81. The van der Waals surface area contributed by atoms with Gasteiger partial charge in [0.2, 0.25) is 0 Å². The molecule has 0 bridgehead atoms. The molecule has 0 fully saturated rings. The van der Waals surface area contributed by atoms with E-state index in [9.17, 15) is 8.78 Å². The molecule has 0 aliphatic heterocycles. The van der Waals surface area contributed by atoms with E-state index in [4.69, 9.17) is 0 Å². The number of benzene rings is 1. The monoisotopic (exact) mass is 284 g/mol. The highest BCUT2D eigenvalue weighted by Gasteiger charge is 2.11. The van der Waals surface area contributed by atoms with E-state index >= 15 is 0 Å². The Labute approximate surface area is 119 Å². The van der Waals surface area contributed by atoms with Gasteiger partial charge in [0.15, 0.2) is 17.2 Å². The van der Waals surface area contributed by atoms with Crippen molar-refractivity contribution in [3.63, 3.8) is 0 Å². The quantitative estimate of drug-likeness (QED) is 0.679. The third-order valence-corrected chi connectivity index (χ3v) is 2.80. The predicted octanol–water partition coefficient (Wildman–Crippen LogP) is 2.55. The SMILES string of the molecule is Fc1ccc2nn(CCC#Cc3ccccn3)nc2c1F. The summed E-state index contributed by atoms with van der Waals surface area (Å²) in [5, 5.41) is 8.00. The zero-order valence-electron chi connectivity index (χ0n) is 10.9. The fraction of sp³-hybridized carbons (Fsp3) is 0.133. The van der Waals surface area contributed by atoms with Gasteiger partial charge in [0.05, 0.1) is 6.54 Å². The van der Waals surface area contributed by atoms with Crippen molar-refractivity contribution in [2.75, 3.05) is 0 Å². The van der Waals surface area contributed by atoms with Crippen LogP contribution in [0.15, 0.2) is 36.5 Å². The average Bonchev–Trinajstić information content (AvgIpc) is 2.93. The molecule has 3 aromatic rings. The van der Waals surface area contributed by atoms with Crippen molar-refractivity contribution in [1.82, 2.24) is 20.0 Å². The van der Waals surface area contributed by atoms with Gasteiger partial charge >= 0.3 is 0 Å². The third kappa shape index (κ3) is 2.87. The molecule has 1 aromatic carbocycles. The highest BCUT2D eigenvalue weighted by Crippen LogP contribution is 2.16. The van der Waals surface area contributed by atoms with Gasteiger partial charge in [-0.05, 0) is 30.2 Å². The third-order valence-electron chi connectivity index (χ3n) is 2.80. The topological polar surface area (TPSA) is 43.6 Å². The van der Waals surface area contributed by atoms with Crippen LogP contribution in [-0.2, 0) is 6.54 Å². The first-order valence-corrected chi connectivity index (χ1v) is 6.33. The predicted molar refractivity (Wildman–Crippen MR) is 73.2 cm³/mol. The number of fused-ring (bicyclic) bond motifs is 1. The Morgan fingerprint density at radius 3 is 2.81 bits per heavy atom. The molecule has 0 amide bonds. The number of rotatable bonds is 2. The van der Waals surface area contributed by atoms with E-state index in [1.807, 2.05) is 18.2 Å². The number of aromatic nitrogens is 4. The first-order chi connectivity index (χ1) is 10.2. The first-order valence-electron chi connectivity index (χ1n) is 6.33. The van der Waals surface area contributed by atoms with Crippen molar-refractivity contribution in [2.45, 2.75) is 13.0 Å². The van der Waals surface area contributed by atoms with Crippen LogP contribution in [0.1, 0.15) is 12.1 Å². The fourth-order valence-electron chi connectivity index (χ4n) is 1.81. The number of pyridine rings is 1. The summed E-state index contributed by atoms with van der Waals surface area (Å²) in [5.41, 5.74) is 0.948. The van der Waals surface area contributed by atoms with Gasteiger partial charge in [-0.1, -0.05) is 12.0 Å². The summed E-state index contributed by atoms with van der Waals surface area (Å²) >= 11 is 0. The highest BCUT2D eigenvalue weighted by atomic mass is 19.2. The standard InChI is InChI=1S/C15H10F2N4/c16-12-7-8-13-15(14(12)17)20-21(19-13)10-4-2-6-11-5-1-3-9-18-11/h1,3,5,7-9H,4,10H2. The minimum Gasteiger partial charge on any atom is -0.248 e. The average molecular weight is 284 g/mol. The molecule has 6 heteroatoms. The molecule has 4 nitrogen and oxygen atoms in total. The van der Waals surface area contributed by atoms with Crippen molar-refractivity contribution in [3.05, 3.63) is 53.9 Å². The second kappa shape index (κ2) is 5.67. The lowest BCUT2D eigenvalue weighted by molar-refractivity contribution is 0.511. The molecule has 2 aromatic heterocycles. The second-order valence-corrected chi connectivity index (χ2v) is 4.29. The van der Waals surface area contributed by atoms with E-state index in [1.165, 1.54) is 10.9 Å². The lowest BCUT2D eigenvalue weighted by atomic mass is 10.3. The lowest BCUT2D eigenvalue weighted by Gasteiger charge is -1.92. The van der Waals surface area contributed by atoms with Gasteiger partial charge in [-0.3, -0.25) is 0 Å². The van der Waals surface area contributed by atoms with Gasteiger partial charge in [-0.2, -0.15) is 15.0 Å². The molecule has 0 radical (unpaired) electrons. The van der Waals surface area contributed by atoms with Crippen LogP contribution in [-0.4, -0.2) is 20.0 Å². The minimum absolute atomic E-state index is 0.0623. The van der Waals surface area contributed by atoms with Gasteiger partial charge in [-0.15, -0.1) is 0 Å². The molecule has 0 saturated heterocycles. The van der Waals surface area contributed by atoms with Crippen molar-refractivity contribution in [1.29, 1.82) is 0 Å². The molecule has 0 atom stereocenters. The first kappa shape index (κ1) is 13.2. The minimum atomic E-state index is -0.974. The van der Waals surface area contributed by atoms with Crippen LogP contribution in [0, 0.1) is 23.5 Å². The maximum absolute atomic E-state index is 13.5. The molecule has 0 aliphatic rings. The molecular formula is C15H10F2N4. The molecule has 3 rings (SSSR count). The maximum atomic E-state index is 13.5. The summed E-state index contributed by atoms with van der Waals surface area (Å²) in [6.45, 7) is 0.398. The van der Waals surface area contributed by atoms with E-state index in [-0.39, 0.29) is 5.52 Å². The zero-order chi connectivity index (χ0) is 14.7. The molecular weight excluding hydrogens is 274 g/mol. The summed E-state index contributed by atoms with van der Waals surface area (Å²) in [6, 6.07) is 7.92. The Hall–Kier alpha value is -2.81. The number of nitrogens with zero attached hydrogens (tertiary/aromatic N) is 4. The molecule has 21 heavy (non-hydrogen) atoms. The van der Waals surface area contributed by atoms with Gasteiger partial charge < -0.3 is 0 Å². The van der Waals surface area contributed by atoms with Crippen LogP contribution in [0.2, 0.25) is 0 Å². The maximum Gasteiger partial charge on any atom is 0.188 e. The number of hydrogen-bond acceptors (Lipinski definition) is 3. The van der Waals surface area contributed by atoms with E-state index < -0.39 is 11.6 Å². The highest BCUT2D eigenvalue weighted by molar-refractivity contribution is 5.74. The Balaban J connectivity index is 1.72. The Bertz CT molecular complexity index is 831. The van der Waals surface area contributed by atoms with Crippen molar-refractivity contribution in [3.8, 4) is 11.8 Å². The number of hydrogen-bond donors (Lipinski definition) is 0. The van der Waals surface area contributed by atoms with Crippen molar-refractivity contribution in [2.24, 2.45) is 0 Å². The molecule has 0 spiro atoms. The largest absolute Gasteiger partial charge is 0.248 e. The zero-order valence-corrected chi connectivity index (χ0v) is 10.9. The molecule has 0 N–H and O–H groups in total. The van der Waals surface area contributed by atoms with Gasteiger partial charge in [0, 0.05) is 12.6 Å². The van der Waals surface area contributed by atoms with Crippen LogP contribution in [0.3, 0.4) is 0 Å². The van der Waals surface area contributed by atoms with Crippen LogP contribution in [0.5, 0.6) is 0 Å². The van der Waals surface area contributed by atoms with E-state index in [1.54, 1.807) is 6.20 Å². The van der Waals surface area contributed by atoms with Gasteiger partial charge in [-0.25, -0.2) is 13.8 Å². The van der Waals surface area contributed by atoms with E-state index in [0.717, 1.165) is 6.07 Å². The van der Waals surface area contributed by atoms with Crippen molar-refractivity contribution < 1.29 is 8.78 Å². The summed E-state index contributed by atoms with van der Waals surface area (Å²) in [7, 11) is 0. The number of aryl methyl sites for hydroxylation is 1. The summed E-state index contributed by atoms with van der Waals surface area (Å²) in [6.07, 6.45) is 2.16. The molecule has 0 aliphatic carbocycles. The normalized spacial score (nSPS) is 10.4. The number of halogens is 2. The smallest absolute Gasteiger partial charge is 0.188 e. The van der Waals surface area contributed by atoms with Gasteiger partial charge in [0.1, 0.15) is 11.2 Å². The molecule has 0 saturated carbocycles. The second-order valence-electron chi connectivity index (χ2n) is 4.29. The lowest BCUT2D eigenvalue weighted by Crippen LogP contribution is -2.01. The van der Waals surface area contributed by atoms with Gasteiger partial charge in [0.25, 0.3) is 0 Å². The van der Waals surface area contributed by atoms with Crippen molar-refractivity contribution >= 4 is 11.0 Å². The van der Waals surface area contributed by atoms with Crippen LogP contribution in [0.4, 0.5) is 8.78 Å². The molecule has 0 unspecified atom stereocenters. The van der Waals surface area contributed by atoms with E-state index in [0.29, 0.717) is 24.2 Å². The Morgan fingerprint density at radius 2 is 2.00 bits per heavy atom. The summed E-state index contributed by atoms with van der Waals surface area (Å²) < 4.78 is 26.6. The van der Waals surface area contributed by atoms with E-state index in [2.05, 4.69) is 27.0 Å². The Morgan fingerprint density at radius 1 is 1.10 bits per heavy atom. The summed E-state index contributed by atoms with van der Waals surface area (Å²) in [5.74, 6) is 3.94. The molecule has 2 heterocycles. The van der Waals surface area contributed by atoms with Crippen LogP contribution < -0.4 is 0 Å². The Kier molecular flexibility index (Phi) is 3.56. The molecule has 104 valence electrons. The van der Waals surface area contributed by atoms with Crippen LogP contribution >= 0.6 is 0 Å². The van der Waals surface area contributed by atoms with Crippen LogP contribution in [0.25, 0.3) is 11.0 Å². The summed E-state index contributed by atoms with van der Waals surface area (Å²) in [4.78, 5) is 5.40.